The van der Waals surface area contributed by atoms with E-state index in [9.17, 15) is 8.42 Å². The lowest BCUT2D eigenvalue weighted by Crippen LogP contribution is -2.38. The molecule has 0 atom stereocenters. The molecule has 0 unspecified atom stereocenters. The van der Waals surface area contributed by atoms with Crippen molar-refractivity contribution in [2.24, 2.45) is 0 Å². The molecule has 0 radical (unpaired) electrons. The fourth-order valence-electron chi connectivity index (χ4n) is 3.63. The van der Waals surface area contributed by atoms with Crippen LogP contribution in [-0.4, -0.2) is 45.4 Å². The molecule has 3 aromatic heterocycles. The molecular formula is C18H20ClN5O2S. The number of rotatable bonds is 3. The van der Waals surface area contributed by atoms with Gasteiger partial charge in [0.05, 0.1) is 0 Å². The number of sulfonamides is 1. The highest BCUT2D eigenvalue weighted by atomic mass is 35.5. The average Bonchev–Trinajstić information content (AvgIpc) is 3.10. The van der Waals surface area contributed by atoms with E-state index in [-0.39, 0.29) is 4.90 Å². The van der Waals surface area contributed by atoms with Crippen LogP contribution < -0.4 is 0 Å². The SMILES string of the molecule is Cc1cc2ncnn2cc1C1CCN(S(=O)(=O)c2cnc(Cl)c(C)c2)CC1. The molecule has 3 aromatic rings. The van der Waals surface area contributed by atoms with Gasteiger partial charge in [-0.3, -0.25) is 0 Å². The van der Waals surface area contributed by atoms with E-state index in [0.29, 0.717) is 29.7 Å². The second-order valence-corrected chi connectivity index (χ2v) is 9.23. The molecule has 27 heavy (non-hydrogen) atoms. The van der Waals surface area contributed by atoms with E-state index in [4.69, 9.17) is 11.6 Å². The predicted molar refractivity (Wildman–Crippen MR) is 102 cm³/mol. The molecule has 0 spiro atoms. The van der Waals surface area contributed by atoms with Crippen LogP contribution in [0.5, 0.6) is 0 Å². The van der Waals surface area contributed by atoms with Crippen molar-refractivity contribution in [1.82, 2.24) is 23.9 Å². The lowest BCUT2D eigenvalue weighted by molar-refractivity contribution is 0.318. The summed E-state index contributed by atoms with van der Waals surface area (Å²) >= 11 is 5.92. The zero-order chi connectivity index (χ0) is 19.2. The highest BCUT2D eigenvalue weighted by molar-refractivity contribution is 7.89. The van der Waals surface area contributed by atoms with Crippen LogP contribution in [0.25, 0.3) is 5.65 Å². The minimum absolute atomic E-state index is 0.197. The Bertz CT molecular complexity index is 1100. The summed E-state index contributed by atoms with van der Waals surface area (Å²) in [4.78, 5) is 8.38. The molecule has 9 heteroatoms. The van der Waals surface area contributed by atoms with Crippen LogP contribution in [0.2, 0.25) is 5.15 Å². The fourth-order valence-corrected chi connectivity index (χ4v) is 5.23. The lowest BCUT2D eigenvalue weighted by atomic mass is 9.89. The molecule has 1 aliphatic heterocycles. The Hall–Kier alpha value is -2.03. The van der Waals surface area contributed by atoms with Crippen molar-refractivity contribution in [3.8, 4) is 0 Å². The number of piperidine rings is 1. The van der Waals surface area contributed by atoms with Crippen molar-refractivity contribution in [3.05, 3.63) is 52.7 Å². The molecule has 4 heterocycles. The first kappa shape index (κ1) is 18.3. The molecule has 7 nitrogen and oxygen atoms in total. The second kappa shape index (κ2) is 6.85. The maximum atomic E-state index is 12.9. The number of fused-ring (bicyclic) bond motifs is 1. The smallest absolute Gasteiger partial charge is 0.243 e. The Kier molecular flexibility index (Phi) is 4.65. The first-order valence-corrected chi connectivity index (χ1v) is 10.6. The number of hydrogen-bond acceptors (Lipinski definition) is 5. The number of hydrogen-bond donors (Lipinski definition) is 0. The first-order chi connectivity index (χ1) is 12.9. The standard InChI is InChI=1S/C18H20ClN5O2S/c1-12-8-17-21-11-22-24(17)10-16(12)14-3-5-23(6-4-14)27(25,26)15-7-13(2)18(19)20-9-15/h7-11,14H,3-6H2,1-2H3. The minimum Gasteiger partial charge on any atom is -0.243 e. The molecule has 1 saturated heterocycles. The summed E-state index contributed by atoms with van der Waals surface area (Å²) in [7, 11) is -3.56. The van der Waals surface area contributed by atoms with Crippen LogP contribution in [0, 0.1) is 13.8 Å². The van der Waals surface area contributed by atoms with Crippen molar-refractivity contribution in [3.63, 3.8) is 0 Å². The maximum absolute atomic E-state index is 12.9. The van der Waals surface area contributed by atoms with Crippen LogP contribution in [0.15, 0.2) is 35.7 Å². The van der Waals surface area contributed by atoms with Gasteiger partial charge < -0.3 is 0 Å². The van der Waals surface area contributed by atoms with Crippen molar-refractivity contribution in [2.45, 2.75) is 37.5 Å². The summed E-state index contributed by atoms with van der Waals surface area (Å²) in [6.45, 7) is 4.77. The predicted octanol–water partition coefficient (Wildman–Crippen LogP) is 2.96. The van der Waals surface area contributed by atoms with Gasteiger partial charge in [0.2, 0.25) is 10.0 Å². The van der Waals surface area contributed by atoms with E-state index >= 15 is 0 Å². The first-order valence-electron chi connectivity index (χ1n) is 8.78. The third-order valence-corrected chi connectivity index (χ3v) is 7.44. The summed E-state index contributed by atoms with van der Waals surface area (Å²) in [6, 6.07) is 3.60. The minimum atomic E-state index is -3.56. The third kappa shape index (κ3) is 3.33. The van der Waals surface area contributed by atoms with Crippen LogP contribution in [-0.2, 0) is 10.0 Å². The van der Waals surface area contributed by atoms with E-state index < -0.39 is 10.0 Å². The van der Waals surface area contributed by atoms with E-state index in [1.54, 1.807) is 17.5 Å². The third-order valence-electron chi connectivity index (χ3n) is 5.18. The molecule has 1 fully saturated rings. The molecule has 0 amide bonds. The number of aromatic nitrogens is 4. The van der Waals surface area contributed by atoms with Gasteiger partial charge in [0, 0.05) is 25.5 Å². The van der Waals surface area contributed by atoms with Crippen molar-refractivity contribution < 1.29 is 8.42 Å². The Morgan fingerprint density at radius 2 is 1.85 bits per heavy atom. The summed E-state index contributed by atoms with van der Waals surface area (Å²) in [5.74, 6) is 0.301. The van der Waals surface area contributed by atoms with Gasteiger partial charge in [-0.15, -0.1) is 0 Å². The summed E-state index contributed by atoms with van der Waals surface area (Å²) < 4.78 is 29.2. The van der Waals surface area contributed by atoms with E-state index in [0.717, 1.165) is 24.1 Å². The summed E-state index contributed by atoms with van der Waals surface area (Å²) in [6.07, 6.45) is 6.41. The number of nitrogens with zero attached hydrogens (tertiary/aromatic N) is 5. The van der Waals surface area contributed by atoms with Crippen LogP contribution >= 0.6 is 11.6 Å². The average molecular weight is 406 g/mol. The molecule has 0 aliphatic carbocycles. The molecular weight excluding hydrogens is 386 g/mol. The van der Waals surface area contributed by atoms with Crippen molar-refractivity contribution >= 4 is 27.3 Å². The number of pyridine rings is 2. The summed E-state index contributed by atoms with van der Waals surface area (Å²) in [5, 5.41) is 4.53. The second-order valence-electron chi connectivity index (χ2n) is 6.93. The Labute approximate surface area is 163 Å². The van der Waals surface area contributed by atoms with E-state index in [1.165, 1.54) is 22.4 Å². The lowest BCUT2D eigenvalue weighted by Gasteiger charge is -2.32. The normalized spacial score (nSPS) is 16.9. The van der Waals surface area contributed by atoms with E-state index in [1.807, 2.05) is 12.3 Å². The summed E-state index contributed by atoms with van der Waals surface area (Å²) in [5.41, 5.74) is 3.84. The monoisotopic (exact) mass is 405 g/mol. The van der Waals surface area contributed by atoms with Gasteiger partial charge in [-0.2, -0.15) is 9.40 Å². The van der Waals surface area contributed by atoms with Gasteiger partial charge in [-0.05, 0) is 61.4 Å². The topological polar surface area (TPSA) is 80.5 Å². The molecule has 0 saturated carbocycles. The number of aryl methyl sites for hydroxylation is 2. The Morgan fingerprint density at radius 3 is 2.56 bits per heavy atom. The Balaban J connectivity index is 1.54. The zero-order valence-corrected chi connectivity index (χ0v) is 16.7. The molecule has 0 bridgehead atoms. The van der Waals surface area contributed by atoms with Gasteiger partial charge in [-0.25, -0.2) is 22.9 Å². The van der Waals surface area contributed by atoms with E-state index in [2.05, 4.69) is 22.0 Å². The molecule has 4 rings (SSSR count). The fraction of sp³-hybridized carbons (Fsp3) is 0.389. The van der Waals surface area contributed by atoms with Crippen LogP contribution in [0.4, 0.5) is 0 Å². The zero-order valence-electron chi connectivity index (χ0n) is 15.1. The molecule has 142 valence electrons. The van der Waals surface area contributed by atoms with Crippen molar-refractivity contribution in [2.75, 3.05) is 13.1 Å². The van der Waals surface area contributed by atoms with Gasteiger partial charge >= 0.3 is 0 Å². The maximum Gasteiger partial charge on any atom is 0.244 e. The van der Waals surface area contributed by atoms with Gasteiger partial charge in [-0.1, -0.05) is 11.6 Å². The quantitative estimate of drug-likeness (QED) is 0.626. The van der Waals surface area contributed by atoms with Gasteiger partial charge in [0.15, 0.2) is 5.65 Å². The van der Waals surface area contributed by atoms with Crippen LogP contribution in [0.1, 0.15) is 35.4 Å². The van der Waals surface area contributed by atoms with Crippen molar-refractivity contribution in [1.29, 1.82) is 0 Å². The number of halogens is 1. The molecule has 0 N–H and O–H groups in total. The molecule has 0 aromatic carbocycles. The highest BCUT2D eigenvalue weighted by Gasteiger charge is 2.31. The van der Waals surface area contributed by atoms with Crippen LogP contribution in [0.3, 0.4) is 0 Å². The Morgan fingerprint density at radius 1 is 1.11 bits per heavy atom. The largest absolute Gasteiger partial charge is 0.244 e. The van der Waals surface area contributed by atoms with Gasteiger partial charge in [0.1, 0.15) is 16.4 Å². The van der Waals surface area contributed by atoms with Gasteiger partial charge in [0.25, 0.3) is 0 Å². The molecule has 1 aliphatic rings. The highest BCUT2D eigenvalue weighted by Crippen LogP contribution is 2.32.